The quantitative estimate of drug-likeness (QED) is 0.709. The van der Waals surface area contributed by atoms with Crippen LogP contribution < -0.4 is 4.74 Å². The topological polar surface area (TPSA) is 80.3 Å². The molecule has 0 unspecified atom stereocenters. The summed E-state index contributed by atoms with van der Waals surface area (Å²) in [6.07, 6.45) is 6.78. The van der Waals surface area contributed by atoms with Crippen molar-refractivity contribution in [3.05, 3.63) is 42.9 Å². The van der Waals surface area contributed by atoms with E-state index in [2.05, 4.69) is 15.0 Å². The van der Waals surface area contributed by atoms with E-state index in [-0.39, 0.29) is 12.1 Å². The van der Waals surface area contributed by atoms with Crippen molar-refractivity contribution in [1.29, 1.82) is 0 Å². The van der Waals surface area contributed by atoms with Gasteiger partial charge in [-0.2, -0.15) is 0 Å². The van der Waals surface area contributed by atoms with Crippen LogP contribution in [-0.2, 0) is 4.74 Å². The van der Waals surface area contributed by atoms with E-state index in [4.69, 9.17) is 9.47 Å². The number of aromatic amines is 1. The number of carbonyl (C=O) groups is 1. The van der Waals surface area contributed by atoms with Gasteiger partial charge in [-0.1, -0.05) is 0 Å². The van der Waals surface area contributed by atoms with Crippen molar-refractivity contribution in [3.8, 4) is 17.0 Å². The minimum absolute atomic E-state index is 0.0118. The lowest BCUT2D eigenvalue weighted by atomic mass is 10.2. The maximum absolute atomic E-state index is 12.5. The zero-order valence-corrected chi connectivity index (χ0v) is 17.0. The van der Waals surface area contributed by atoms with Gasteiger partial charge in [0.25, 0.3) is 0 Å². The molecular formula is C22H26N4O3. The number of ether oxygens (including phenoxy) is 2. The highest BCUT2D eigenvalue weighted by Crippen LogP contribution is 2.31. The lowest BCUT2D eigenvalue weighted by molar-refractivity contribution is 0.0187. The molecule has 0 aromatic carbocycles. The number of likely N-dealkylation sites (tertiary alicyclic amines) is 1. The van der Waals surface area contributed by atoms with Gasteiger partial charge in [0.05, 0.1) is 29.0 Å². The van der Waals surface area contributed by atoms with Crippen molar-refractivity contribution in [2.75, 3.05) is 13.2 Å². The number of rotatable bonds is 4. The van der Waals surface area contributed by atoms with E-state index in [1.807, 2.05) is 45.0 Å². The molecule has 1 amide bonds. The first kappa shape index (κ1) is 19.2. The van der Waals surface area contributed by atoms with Gasteiger partial charge in [0.15, 0.2) is 0 Å². The first-order valence-corrected chi connectivity index (χ1v) is 9.91. The molecule has 0 aliphatic carbocycles. The average Bonchev–Trinajstić information content (AvgIpc) is 3.32. The van der Waals surface area contributed by atoms with E-state index in [1.54, 1.807) is 23.5 Å². The molecule has 4 heterocycles. The lowest BCUT2D eigenvalue weighted by Gasteiger charge is -2.28. The van der Waals surface area contributed by atoms with Crippen LogP contribution in [0.15, 0.2) is 42.9 Å². The van der Waals surface area contributed by atoms with Crippen molar-refractivity contribution >= 4 is 17.1 Å². The largest absolute Gasteiger partial charge is 0.489 e. The number of carbonyl (C=O) groups excluding carboxylic acids is 1. The highest BCUT2D eigenvalue weighted by molar-refractivity contribution is 5.83. The summed E-state index contributed by atoms with van der Waals surface area (Å²) in [4.78, 5) is 26.2. The van der Waals surface area contributed by atoms with E-state index < -0.39 is 5.60 Å². The Balaban J connectivity index is 1.50. The Labute approximate surface area is 170 Å². The van der Waals surface area contributed by atoms with Crippen molar-refractivity contribution in [3.63, 3.8) is 0 Å². The highest BCUT2D eigenvalue weighted by Gasteiger charge is 2.32. The molecule has 0 radical (unpaired) electrons. The van der Waals surface area contributed by atoms with Gasteiger partial charge in [0.1, 0.15) is 18.0 Å². The number of hydrogen-bond acceptors (Lipinski definition) is 5. The van der Waals surface area contributed by atoms with Crippen LogP contribution in [0.25, 0.3) is 22.3 Å². The predicted octanol–water partition coefficient (Wildman–Crippen LogP) is 4.40. The maximum Gasteiger partial charge on any atom is 0.410 e. The standard InChI is InChI=1S/C22H26N4O3/c1-22(2,3)29-21(27)26-11-5-6-15(26)14-28-20-13-23-10-8-16(20)18-12-19-17(25-18)7-4-9-24-19/h4,7-10,12-13,15,25H,5-6,11,14H2,1-3H3/t15-/m0/s1. The zero-order chi connectivity index (χ0) is 20.4. The third kappa shape index (κ3) is 4.34. The zero-order valence-electron chi connectivity index (χ0n) is 17.0. The first-order valence-electron chi connectivity index (χ1n) is 9.91. The Hall–Kier alpha value is -3.09. The van der Waals surface area contributed by atoms with Crippen LogP contribution in [0.4, 0.5) is 4.79 Å². The molecule has 1 aliphatic heterocycles. The third-order valence-corrected chi connectivity index (χ3v) is 4.90. The highest BCUT2D eigenvalue weighted by atomic mass is 16.6. The Kier molecular flexibility index (Phi) is 5.13. The molecule has 7 heteroatoms. The minimum Gasteiger partial charge on any atom is -0.489 e. The normalized spacial score (nSPS) is 16.9. The smallest absolute Gasteiger partial charge is 0.410 e. The van der Waals surface area contributed by atoms with Crippen LogP contribution in [0, 0.1) is 0 Å². The number of nitrogens with one attached hydrogen (secondary N) is 1. The van der Waals surface area contributed by atoms with Gasteiger partial charge in [0.2, 0.25) is 0 Å². The van der Waals surface area contributed by atoms with E-state index in [0.29, 0.717) is 18.9 Å². The molecule has 1 atom stereocenters. The van der Waals surface area contributed by atoms with Gasteiger partial charge in [0, 0.05) is 24.5 Å². The fourth-order valence-corrected chi connectivity index (χ4v) is 3.57. The number of fused-ring (bicyclic) bond motifs is 1. The SMILES string of the molecule is CC(C)(C)OC(=O)N1CCC[C@H]1COc1cnccc1-c1cc2ncccc2[nH]1. The summed E-state index contributed by atoms with van der Waals surface area (Å²) in [5, 5.41) is 0. The summed E-state index contributed by atoms with van der Waals surface area (Å²) in [5.74, 6) is 0.676. The van der Waals surface area contributed by atoms with Crippen molar-refractivity contribution in [1.82, 2.24) is 19.9 Å². The Bertz CT molecular complexity index is 975. The molecule has 0 spiro atoms. The van der Waals surface area contributed by atoms with Gasteiger partial charge >= 0.3 is 6.09 Å². The van der Waals surface area contributed by atoms with Gasteiger partial charge in [-0.3, -0.25) is 9.97 Å². The number of pyridine rings is 2. The number of hydrogen-bond donors (Lipinski definition) is 1. The summed E-state index contributed by atoms with van der Waals surface area (Å²) < 4.78 is 11.7. The molecule has 1 fully saturated rings. The van der Waals surface area contributed by atoms with E-state index in [1.165, 1.54) is 0 Å². The molecule has 7 nitrogen and oxygen atoms in total. The average molecular weight is 394 g/mol. The monoisotopic (exact) mass is 394 g/mol. The van der Waals surface area contributed by atoms with E-state index >= 15 is 0 Å². The molecule has 4 rings (SSSR count). The number of nitrogens with zero attached hydrogens (tertiary/aromatic N) is 3. The molecular weight excluding hydrogens is 368 g/mol. The lowest BCUT2D eigenvalue weighted by Crippen LogP contribution is -2.42. The maximum atomic E-state index is 12.5. The van der Waals surface area contributed by atoms with Gasteiger partial charge < -0.3 is 19.4 Å². The third-order valence-electron chi connectivity index (χ3n) is 4.90. The van der Waals surface area contributed by atoms with Crippen LogP contribution in [0.2, 0.25) is 0 Å². The number of aromatic nitrogens is 3. The van der Waals surface area contributed by atoms with Gasteiger partial charge in [-0.05, 0) is 57.9 Å². The molecule has 0 saturated carbocycles. The van der Waals surface area contributed by atoms with Crippen LogP contribution in [0.1, 0.15) is 33.6 Å². The molecule has 1 N–H and O–H groups in total. The predicted molar refractivity (Wildman–Crippen MR) is 111 cm³/mol. The second-order valence-corrected chi connectivity index (χ2v) is 8.27. The van der Waals surface area contributed by atoms with Crippen LogP contribution >= 0.6 is 0 Å². The number of amides is 1. The summed E-state index contributed by atoms with van der Waals surface area (Å²) in [5.41, 5.74) is 3.20. The van der Waals surface area contributed by atoms with Crippen LogP contribution in [0.5, 0.6) is 5.75 Å². The van der Waals surface area contributed by atoms with Crippen molar-refractivity contribution in [2.24, 2.45) is 0 Å². The van der Waals surface area contributed by atoms with Gasteiger partial charge in [-0.25, -0.2) is 4.79 Å². The Morgan fingerprint density at radius 3 is 2.97 bits per heavy atom. The summed E-state index contributed by atoms with van der Waals surface area (Å²) in [6, 6.07) is 7.80. The Morgan fingerprint density at radius 2 is 2.17 bits per heavy atom. The van der Waals surface area contributed by atoms with E-state index in [9.17, 15) is 4.79 Å². The first-order chi connectivity index (χ1) is 13.9. The summed E-state index contributed by atoms with van der Waals surface area (Å²) in [6.45, 7) is 6.73. The summed E-state index contributed by atoms with van der Waals surface area (Å²) in [7, 11) is 0. The molecule has 152 valence electrons. The minimum atomic E-state index is -0.509. The number of H-pyrrole nitrogens is 1. The van der Waals surface area contributed by atoms with E-state index in [0.717, 1.165) is 35.1 Å². The molecule has 1 aliphatic rings. The molecule has 3 aromatic heterocycles. The summed E-state index contributed by atoms with van der Waals surface area (Å²) >= 11 is 0. The Morgan fingerprint density at radius 1 is 1.31 bits per heavy atom. The van der Waals surface area contributed by atoms with Crippen molar-refractivity contribution < 1.29 is 14.3 Å². The van der Waals surface area contributed by atoms with Crippen LogP contribution in [0.3, 0.4) is 0 Å². The van der Waals surface area contributed by atoms with Gasteiger partial charge in [-0.15, -0.1) is 0 Å². The molecule has 1 saturated heterocycles. The van der Waals surface area contributed by atoms with Crippen LogP contribution in [-0.4, -0.2) is 50.7 Å². The fraction of sp³-hybridized carbons (Fsp3) is 0.409. The second kappa shape index (κ2) is 7.73. The molecule has 29 heavy (non-hydrogen) atoms. The van der Waals surface area contributed by atoms with Crippen molar-refractivity contribution in [2.45, 2.75) is 45.3 Å². The molecule has 3 aromatic rings. The molecule has 0 bridgehead atoms. The second-order valence-electron chi connectivity index (χ2n) is 8.27. The fourth-order valence-electron chi connectivity index (χ4n) is 3.57.